The maximum Gasteiger partial charge on any atom is 0.225 e. The number of carbonyl (C=O) groups excluding carboxylic acids is 1. The van der Waals surface area contributed by atoms with Crippen LogP contribution in [-0.2, 0) is 4.79 Å². The summed E-state index contributed by atoms with van der Waals surface area (Å²) < 4.78 is 0. The van der Waals surface area contributed by atoms with Gasteiger partial charge >= 0.3 is 0 Å². The Bertz CT molecular complexity index is 315. The van der Waals surface area contributed by atoms with E-state index in [1.807, 2.05) is 20.8 Å². The second-order valence-corrected chi connectivity index (χ2v) is 7.83. The van der Waals surface area contributed by atoms with Crippen LogP contribution in [0.25, 0.3) is 0 Å². The third-order valence-corrected chi connectivity index (χ3v) is 4.76. The minimum Gasteiger partial charge on any atom is -0.352 e. The van der Waals surface area contributed by atoms with Gasteiger partial charge < -0.3 is 10.2 Å². The molecule has 2 aliphatic rings. The van der Waals surface area contributed by atoms with Crippen LogP contribution in [0.15, 0.2) is 0 Å². The lowest BCUT2D eigenvalue weighted by molar-refractivity contribution is -0.129. The maximum absolute atomic E-state index is 12.1. The van der Waals surface area contributed by atoms with Gasteiger partial charge in [0.2, 0.25) is 5.91 Å². The molecule has 1 saturated heterocycles. The zero-order chi connectivity index (χ0) is 14.6. The Morgan fingerprint density at radius 3 is 2.45 bits per heavy atom. The Morgan fingerprint density at radius 2 is 1.80 bits per heavy atom. The van der Waals surface area contributed by atoms with Crippen molar-refractivity contribution in [2.75, 3.05) is 19.6 Å². The predicted molar refractivity (Wildman–Crippen MR) is 83.6 cm³/mol. The Balaban J connectivity index is 1.77. The highest BCUT2D eigenvalue weighted by Gasteiger charge is 2.28. The van der Waals surface area contributed by atoms with Crippen LogP contribution in [0, 0.1) is 11.3 Å². The molecule has 1 N–H and O–H groups in total. The first-order chi connectivity index (χ1) is 9.45. The Kier molecular flexibility index (Phi) is 5.48. The van der Waals surface area contributed by atoms with Crippen molar-refractivity contribution >= 4 is 5.91 Å². The van der Waals surface area contributed by atoms with E-state index in [4.69, 9.17) is 0 Å². The predicted octanol–water partition coefficient (Wildman–Crippen LogP) is 3.19. The molecule has 2 rings (SSSR count). The summed E-state index contributed by atoms with van der Waals surface area (Å²) >= 11 is 0. The van der Waals surface area contributed by atoms with Crippen LogP contribution in [0.5, 0.6) is 0 Å². The standard InChI is InChI=1S/C17H32N2O/c1-17(2,3)16(20)18-15-10-7-11-19(13-15)12-14-8-5-4-6-9-14/h14-15H,4-13H2,1-3H3,(H,18,20). The van der Waals surface area contributed by atoms with Gasteiger partial charge in [-0.15, -0.1) is 0 Å². The van der Waals surface area contributed by atoms with Crippen molar-refractivity contribution in [1.29, 1.82) is 0 Å². The Hall–Kier alpha value is -0.570. The Labute approximate surface area is 124 Å². The first kappa shape index (κ1) is 15.8. The fourth-order valence-corrected chi connectivity index (χ4v) is 3.48. The van der Waals surface area contributed by atoms with Gasteiger partial charge in [0.25, 0.3) is 0 Å². The molecular formula is C17H32N2O. The number of piperidine rings is 1. The molecule has 1 atom stereocenters. The van der Waals surface area contributed by atoms with Gasteiger partial charge in [-0.05, 0) is 38.1 Å². The number of rotatable bonds is 3. The van der Waals surface area contributed by atoms with Gasteiger partial charge in [-0.25, -0.2) is 0 Å². The van der Waals surface area contributed by atoms with E-state index in [1.165, 1.54) is 51.6 Å². The summed E-state index contributed by atoms with van der Waals surface area (Å²) in [6.45, 7) is 9.50. The van der Waals surface area contributed by atoms with Crippen molar-refractivity contribution < 1.29 is 4.79 Å². The van der Waals surface area contributed by atoms with E-state index >= 15 is 0 Å². The third-order valence-electron chi connectivity index (χ3n) is 4.76. The molecule has 0 radical (unpaired) electrons. The smallest absolute Gasteiger partial charge is 0.225 e. The molecule has 1 unspecified atom stereocenters. The first-order valence-corrected chi connectivity index (χ1v) is 8.48. The highest BCUT2D eigenvalue weighted by Crippen LogP contribution is 2.25. The summed E-state index contributed by atoms with van der Waals surface area (Å²) in [5, 5.41) is 3.25. The second kappa shape index (κ2) is 6.93. The summed E-state index contributed by atoms with van der Waals surface area (Å²) in [4.78, 5) is 14.7. The molecule has 0 bridgehead atoms. The van der Waals surface area contributed by atoms with Gasteiger partial charge in [-0.2, -0.15) is 0 Å². The van der Waals surface area contributed by atoms with E-state index in [1.54, 1.807) is 0 Å². The number of hydrogen-bond donors (Lipinski definition) is 1. The number of amides is 1. The zero-order valence-corrected chi connectivity index (χ0v) is 13.6. The molecule has 3 nitrogen and oxygen atoms in total. The molecule has 0 aromatic carbocycles. The summed E-state index contributed by atoms with van der Waals surface area (Å²) in [6.07, 6.45) is 9.46. The molecule has 1 saturated carbocycles. The van der Waals surface area contributed by atoms with Gasteiger partial charge in [-0.3, -0.25) is 4.79 Å². The summed E-state index contributed by atoms with van der Waals surface area (Å²) in [5.41, 5.74) is -0.272. The van der Waals surface area contributed by atoms with Gasteiger partial charge in [0.05, 0.1) is 0 Å². The minimum atomic E-state index is -0.272. The first-order valence-electron chi connectivity index (χ1n) is 8.48. The van der Waals surface area contributed by atoms with Crippen LogP contribution in [0.4, 0.5) is 0 Å². The van der Waals surface area contributed by atoms with Crippen molar-refractivity contribution in [3.8, 4) is 0 Å². The topological polar surface area (TPSA) is 32.3 Å². The highest BCUT2D eigenvalue weighted by atomic mass is 16.2. The normalized spacial score (nSPS) is 26.4. The van der Waals surface area contributed by atoms with Crippen LogP contribution in [-0.4, -0.2) is 36.5 Å². The van der Waals surface area contributed by atoms with Crippen molar-refractivity contribution in [3.63, 3.8) is 0 Å². The van der Waals surface area contributed by atoms with E-state index in [0.717, 1.165) is 18.9 Å². The molecule has 1 amide bonds. The van der Waals surface area contributed by atoms with Gasteiger partial charge in [0.15, 0.2) is 0 Å². The number of nitrogens with zero attached hydrogens (tertiary/aromatic N) is 1. The molecule has 3 heteroatoms. The second-order valence-electron chi connectivity index (χ2n) is 7.83. The largest absolute Gasteiger partial charge is 0.352 e. The molecule has 2 fully saturated rings. The third kappa shape index (κ3) is 4.76. The molecule has 1 heterocycles. The van der Waals surface area contributed by atoms with Crippen molar-refractivity contribution in [1.82, 2.24) is 10.2 Å². The zero-order valence-electron chi connectivity index (χ0n) is 13.6. The fourth-order valence-electron chi connectivity index (χ4n) is 3.48. The molecule has 0 spiro atoms. The average Bonchev–Trinajstić information content (AvgIpc) is 2.39. The van der Waals surface area contributed by atoms with E-state index in [0.29, 0.717) is 6.04 Å². The van der Waals surface area contributed by atoms with E-state index in [-0.39, 0.29) is 11.3 Å². The van der Waals surface area contributed by atoms with Gasteiger partial charge in [-0.1, -0.05) is 40.0 Å². The highest BCUT2D eigenvalue weighted by molar-refractivity contribution is 5.81. The molecule has 20 heavy (non-hydrogen) atoms. The molecule has 116 valence electrons. The SMILES string of the molecule is CC(C)(C)C(=O)NC1CCCN(CC2CCCCC2)C1. The average molecular weight is 280 g/mol. The molecule has 0 aromatic heterocycles. The number of hydrogen-bond acceptors (Lipinski definition) is 2. The summed E-state index contributed by atoms with van der Waals surface area (Å²) in [5.74, 6) is 1.10. The van der Waals surface area contributed by atoms with Crippen LogP contribution >= 0.6 is 0 Å². The lowest BCUT2D eigenvalue weighted by Gasteiger charge is -2.37. The van der Waals surface area contributed by atoms with E-state index in [2.05, 4.69) is 10.2 Å². The number of carbonyl (C=O) groups is 1. The van der Waals surface area contributed by atoms with Crippen LogP contribution in [0.2, 0.25) is 0 Å². The monoisotopic (exact) mass is 280 g/mol. The van der Waals surface area contributed by atoms with Crippen molar-refractivity contribution in [2.24, 2.45) is 11.3 Å². The molecule has 1 aliphatic heterocycles. The van der Waals surface area contributed by atoms with Crippen molar-refractivity contribution in [2.45, 2.75) is 71.8 Å². The minimum absolute atomic E-state index is 0.196. The lowest BCUT2D eigenvalue weighted by atomic mass is 9.88. The van der Waals surface area contributed by atoms with Crippen molar-refractivity contribution in [3.05, 3.63) is 0 Å². The molecular weight excluding hydrogens is 248 g/mol. The van der Waals surface area contributed by atoms with Crippen LogP contribution in [0.3, 0.4) is 0 Å². The van der Waals surface area contributed by atoms with Crippen LogP contribution in [0.1, 0.15) is 65.7 Å². The number of nitrogens with one attached hydrogen (secondary N) is 1. The Morgan fingerprint density at radius 1 is 1.10 bits per heavy atom. The summed E-state index contributed by atoms with van der Waals surface area (Å²) in [7, 11) is 0. The maximum atomic E-state index is 12.1. The lowest BCUT2D eigenvalue weighted by Crippen LogP contribution is -2.51. The van der Waals surface area contributed by atoms with E-state index in [9.17, 15) is 4.79 Å². The molecule has 1 aliphatic carbocycles. The summed E-state index contributed by atoms with van der Waals surface area (Å²) in [6, 6.07) is 0.360. The van der Waals surface area contributed by atoms with E-state index < -0.39 is 0 Å². The molecule has 0 aromatic rings. The van der Waals surface area contributed by atoms with Gasteiger partial charge in [0, 0.05) is 24.5 Å². The number of likely N-dealkylation sites (tertiary alicyclic amines) is 1. The fraction of sp³-hybridized carbons (Fsp3) is 0.941. The quantitative estimate of drug-likeness (QED) is 0.861. The van der Waals surface area contributed by atoms with Crippen LogP contribution < -0.4 is 5.32 Å². The van der Waals surface area contributed by atoms with Gasteiger partial charge in [0.1, 0.15) is 0 Å².